The highest BCUT2D eigenvalue weighted by molar-refractivity contribution is 5.77. The van der Waals surface area contributed by atoms with Crippen LogP contribution in [0.25, 0.3) is 16.7 Å². The third kappa shape index (κ3) is 3.72. The van der Waals surface area contributed by atoms with Gasteiger partial charge in [-0.15, -0.1) is 0 Å². The van der Waals surface area contributed by atoms with Crippen molar-refractivity contribution in [3.63, 3.8) is 0 Å². The fourth-order valence-corrected chi connectivity index (χ4v) is 4.89. The molecule has 35 heavy (non-hydrogen) atoms. The molecule has 2 N–H and O–H groups in total. The largest absolute Gasteiger partial charge is 0.324 e. The Kier molecular flexibility index (Phi) is 4.70. The van der Waals surface area contributed by atoms with Crippen LogP contribution in [-0.4, -0.2) is 24.3 Å². The lowest BCUT2D eigenvalue weighted by atomic mass is 9.91. The van der Waals surface area contributed by atoms with Crippen LogP contribution >= 0.6 is 0 Å². The molecule has 0 amide bonds. The smallest absolute Gasteiger partial charge is 0.278 e. The summed E-state index contributed by atoms with van der Waals surface area (Å²) in [6.45, 7) is 11.6. The first-order valence-electron chi connectivity index (χ1n) is 12.2. The zero-order chi connectivity index (χ0) is 24.5. The molecule has 1 aliphatic heterocycles. The number of pyridine rings is 1. The predicted molar refractivity (Wildman–Crippen MR) is 137 cm³/mol. The second-order valence-corrected chi connectivity index (χ2v) is 11.2. The van der Waals surface area contributed by atoms with Gasteiger partial charge >= 0.3 is 0 Å². The molecule has 0 atom stereocenters. The van der Waals surface area contributed by atoms with E-state index < -0.39 is 0 Å². The number of aromatic nitrogens is 5. The first-order chi connectivity index (χ1) is 16.6. The molecule has 4 aromatic rings. The second kappa shape index (κ2) is 7.49. The number of fused-ring (bicyclic) bond motifs is 2. The number of hydrogen-bond acceptors (Lipinski definition) is 6. The van der Waals surface area contributed by atoms with Crippen LogP contribution in [0.1, 0.15) is 70.3 Å². The van der Waals surface area contributed by atoms with Crippen LogP contribution in [0.2, 0.25) is 0 Å². The fraction of sp³-hybridized carbons (Fsp3) is 0.407. The highest BCUT2D eigenvalue weighted by Gasteiger charge is 2.32. The van der Waals surface area contributed by atoms with Crippen LogP contribution in [0, 0.1) is 0 Å². The van der Waals surface area contributed by atoms with Crippen molar-refractivity contribution in [2.45, 2.75) is 71.0 Å². The Morgan fingerprint density at radius 1 is 1.11 bits per heavy atom. The van der Waals surface area contributed by atoms with Gasteiger partial charge in [-0.25, -0.2) is 14.3 Å². The molecule has 0 spiro atoms. The van der Waals surface area contributed by atoms with Crippen molar-refractivity contribution in [3.05, 3.63) is 69.9 Å². The summed E-state index contributed by atoms with van der Waals surface area (Å²) in [6.07, 6.45) is 5.44. The van der Waals surface area contributed by atoms with Gasteiger partial charge in [0, 0.05) is 41.3 Å². The van der Waals surface area contributed by atoms with Gasteiger partial charge in [0.25, 0.3) is 5.56 Å². The minimum atomic E-state index is -0.109. The van der Waals surface area contributed by atoms with E-state index in [-0.39, 0.29) is 22.6 Å². The maximum absolute atomic E-state index is 13.4. The molecule has 2 aliphatic rings. The topological polar surface area (TPSA) is 89.7 Å². The number of rotatable bonds is 4. The summed E-state index contributed by atoms with van der Waals surface area (Å²) in [7, 11) is 0. The van der Waals surface area contributed by atoms with Crippen molar-refractivity contribution < 1.29 is 0 Å². The van der Waals surface area contributed by atoms with Crippen LogP contribution in [0.4, 0.5) is 11.6 Å². The molecular formula is C27H31N7O. The van der Waals surface area contributed by atoms with Crippen LogP contribution in [0.15, 0.2) is 47.5 Å². The summed E-state index contributed by atoms with van der Waals surface area (Å²) < 4.78 is 3.79. The number of nitrogens with zero attached hydrogens (tertiary/aromatic N) is 5. The zero-order valence-electron chi connectivity index (χ0n) is 20.9. The third-order valence-corrected chi connectivity index (χ3v) is 7.03. The molecule has 1 saturated carbocycles. The third-order valence-electron chi connectivity index (χ3n) is 7.03. The summed E-state index contributed by atoms with van der Waals surface area (Å²) in [5, 5.41) is 7.42. The molecule has 0 unspecified atom stereocenters. The van der Waals surface area contributed by atoms with E-state index in [1.165, 1.54) is 11.1 Å². The van der Waals surface area contributed by atoms with Gasteiger partial charge in [0.05, 0.1) is 11.7 Å². The van der Waals surface area contributed by atoms with E-state index in [4.69, 9.17) is 4.98 Å². The molecule has 0 saturated heterocycles. The van der Waals surface area contributed by atoms with Crippen molar-refractivity contribution in [1.82, 2.24) is 29.6 Å². The molecule has 180 valence electrons. The minimum Gasteiger partial charge on any atom is -0.324 e. The van der Waals surface area contributed by atoms with E-state index in [1.54, 1.807) is 6.20 Å². The average Bonchev–Trinajstić information content (AvgIpc) is 3.55. The molecule has 0 radical (unpaired) electrons. The molecule has 1 aromatic carbocycles. The molecule has 8 heteroatoms. The maximum atomic E-state index is 13.4. The number of hydrogen-bond donors (Lipinski definition) is 2. The van der Waals surface area contributed by atoms with Gasteiger partial charge in [-0.3, -0.25) is 9.78 Å². The van der Waals surface area contributed by atoms with Gasteiger partial charge in [-0.1, -0.05) is 26.8 Å². The van der Waals surface area contributed by atoms with Crippen molar-refractivity contribution >= 4 is 22.7 Å². The Hall–Kier alpha value is -3.52. The van der Waals surface area contributed by atoms with Gasteiger partial charge in [-0.2, -0.15) is 4.98 Å². The van der Waals surface area contributed by atoms with Gasteiger partial charge in [0.15, 0.2) is 5.65 Å². The summed E-state index contributed by atoms with van der Waals surface area (Å²) in [4.78, 5) is 27.3. The molecule has 0 bridgehead atoms. The number of anilines is 2. The molecular weight excluding hydrogens is 438 g/mol. The Bertz CT molecular complexity index is 1520. The van der Waals surface area contributed by atoms with Crippen LogP contribution in [0.3, 0.4) is 0 Å². The number of nitrogens with one attached hydrogen (secondary N) is 2. The minimum absolute atomic E-state index is 0.0263. The Morgan fingerprint density at radius 3 is 2.66 bits per heavy atom. The zero-order valence-corrected chi connectivity index (χ0v) is 20.9. The summed E-state index contributed by atoms with van der Waals surface area (Å²) >= 11 is 0. The van der Waals surface area contributed by atoms with Crippen LogP contribution in [0.5, 0.6) is 0 Å². The average molecular weight is 470 g/mol. The van der Waals surface area contributed by atoms with E-state index in [1.807, 2.05) is 21.6 Å². The highest BCUT2D eigenvalue weighted by Crippen LogP contribution is 2.36. The Balaban J connectivity index is 1.45. The van der Waals surface area contributed by atoms with Gasteiger partial charge < -0.3 is 10.6 Å². The predicted octanol–water partition coefficient (Wildman–Crippen LogP) is 4.69. The summed E-state index contributed by atoms with van der Waals surface area (Å²) in [5.41, 5.74) is 5.78. The van der Waals surface area contributed by atoms with E-state index >= 15 is 0 Å². The van der Waals surface area contributed by atoms with Crippen molar-refractivity contribution in [1.29, 1.82) is 0 Å². The quantitative estimate of drug-likeness (QED) is 0.451. The number of benzene rings is 1. The SMILES string of the molecule is CC(C)(C)c1cc(-n2c3nc(Nc4ccc5c(c4)CNC5(C)C)ncc3c(=O)n2C2CC2)ccn1. The summed E-state index contributed by atoms with van der Waals surface area (Å²) in [5.74, 6) is 0.467. The first-order valence-corrected chi connectivity index (χ1v) is 12.2. The van der Waals surface area contributed by atoms with Gasteiger partial charge in [-0.05, 0) is 62.1 Å². The van der Waals surface area contributed by atoms with E-state index in [0.29, 0.717) is 17.0 Å². The molecule has 6 rings (SSSR count). The molecule has 3 aromatic heterocycles. The van der Waals surface area contributed by atoms with Crippen LogP contribution in [-0.2, 0) is 17.5 Å². The first kappa shape index (κ1) is 22.0. The molecule has 1 aliphatic carbocycles. The van der Waals surface area contributed by atoms with Gasteiger partial charge in [0.2, 0.25) is 5.95 Å². The Morgan fingerprint density at radius 2 is 1.91 bits per heavy atom. The molecule has 4 heterocycles. The van der Waals surface area contributed by atoms with Crippen LogP contribution < -0.4 is 16.2 Å². The lowest BCUT2D eigenvalue weighted by Crippen LogP contribution is -2.28. The summed E-state index contributed by atoms with van der Waals surface area (Å²) in [6, 6.07) is 10.5. The molecule has 8 nitrogen and oxygen atoms in total. The standard InChI is InChI=1S/C27H31N7O/c1-26(2,3)22-13-19(10-11-28-22)33-23-20(24(35)34(33)18-7-8-18)15-29-25(32-23)31-17-6-9-21-16(12-17)14-30-27(21,4)5/h6,9-13,15,18,30H,7-8,14H2,1-5H3,(H,29,31,32). The van der Waals surface area contributed by atoms with Gasteiger partial charge in [0.1, 0.15) is 5.39 Å². The fourth-order valence-electron chi connectivity index (χ4n) is 4.89. The maximum Gasteiger partial charge on any atom is 0.278 e. The van der Waals surface area contributed by atoms with Crippen molar-refractivity contribution in [2.75, 3.05) is 5.32 Å². The van der Waals surface area contributed by atoms with Crippen molar-refractivity contribution in [2.24, 2.45) is 0 Å². The molecule has 1 fully saturated rings. The second-order valence-electron chi connectivity index (χ2n) is 11.2. The lowest BCUT2D eigenvalue weighted by Gasteiger charge is -2.20. The van der Waals surface area contributed by atoms with E-state index in [9.17, 15) is 4.79 Å². The normalized spacial score (nSPS) is 17.1. The van der Waals surface area contributed by atoms with E-state index in [0.717, 1.165) is 36.5 Å². The van der Waals surface area contributed by atoms with E-state index in [2.05, 4.69) is 79.5 Å². The lowest BCUT2D eigenvalue weighted by molar-refractivity contribution is 0.442. The monoisotopic (exact) mass is 469 g/mol. The highest BCUT2D eigenvalue weighted by atomic mass is 16.1. The Labute approximate surface area is 204 Å². The van der Waals surface area contributed by atoms with Crippen molar-refractivity contribution in [3.8, 4) is 5.69 Å².